The van der Waals surface area contributed by atoms with E-state index in [1.165, 1.54) is 0 Å². The van der Waals surface area contributed by atoms with Crippen LogP contribution < -0.4 is 26.6 Å². The fourth-order valence-corrected chi connectivity index (χ4v) is 6.19. The summed E-state index contributed by atoms with van der Waals surface area (Å²) >= 11 is 0. The lowest BCUT2D eigenvalue weighted by atomic mass is 9.83. The van der Waals surface area contributed by atoms with Gasteiger partial charge < -0.3 is 36.1 Å². The van der Waals surface area contributed by atoms with Crippen molar-refractivity contribution in [2.75, 3.05) is 13.2 Å². The zero-order valence-corrected chi connectivity index (χ0v) is 32.1. The fraction of sp³-hybridized carbons (Fsp3) is 0.667. The molecule has 3 rings (SSSR count). The van der Waals surface area contributed by atoms with E-state index >= 15 is 0 Å². The van der Waals surface area contributed by atoms with Gasteiger partial charge in [-0.05, 0) is 69.8 Å². The third-order valence-corrected chi connectivity index (χ3v) is 9.05. The molecule has 0 spiro atoms. The molecule has 0 heterocycles. The van der Waals surface area contributed by atoms with Crippen LogP contribution >= 0.6 is 0 Å². The number of amides is 5. The van der Waals surface area contributed by atoms with Crippen molar-refractivity contribution < 1.29 is 43.0 Å². The number of alkyl carbamates (subject to hydrolysis) is 1. The molecule has 14 nitrogen and oxygen atoms in total. The van der Waals surface area contributed by atoms with E-state index in [4.69, 9.17) is 9.47 Å². The van der Waals surface area contributed by atoms with E-state index in [0.29, 0.717) is 18.4 Å². The van der Waals surface area contributed by atoms with Gasteiger partial charge in [0.1, 0.15) is 17.7 Å². The average Bonchev–Trinajstić information content (AvgIpc) is 3.94. The van der Waals surface area contributed by atoms with Crippen molar-refractivity contribution in [1.29, 1.82) is 0 Å². The quantitative estimate of drug-likeness (QED) is 0.104. The molecular formula is C39H59N5O9. The highest BCUT2D eigenvalue weighted by Gasteiger charge is 2.38. The predicted molar refractivity (Wildman–Crippen MR) is 197 cm³/mol. The molecule has 2 aliphatic carbocycles. The summed E-state index contributed by atoms with van der Waals surface area (Å²) in [6.07, 6.45) is 6.40. The third-order valence-electron chi connectivity index (χ3n) is 9.05. The molecular weight excluding hydrogens is 682 g/mol. The summed E-state index contributed by atoms with van der Waals surface area (Å²) < 4.78 is 10.8. The standard InChI is InChI=1S/C39H59N5O9/c1-7-14-28(33(46)36(49)40-22-30(45)43-32(27-17-12-9-13-18-27)37(50)53-39(4,5)6)41-34(47)29(21-25-19-20-25)42-35(48)31(26-15-10-8-11-16-26)44-38(51)52-23-24(2)3/h9,12-13,17-18,24-26,28-29,31-32H,7-8,10-11,14-16,19-23H2,1-6H3,(H,40,49)(H,41,47)(H,42,48)(H,43,45)(H,44,51). The first kappa shape index (κ1) is 42.9. The molecule has 0 aromatic heterocycles. The smallest absolute Gasteiger partial charge is 0.407 e. The molecule has 5 amide bonds. The lowest BCUT2D eigenvalue weighted by Crippen LogP contribution is -2.58. The molecule has 53 heavy (non-hydrogen) atoms. The Labute approximate surface area is 313 Å². The van der Waals surface area contributed by atoms with Crippen molar-refractivity contribution in [1.82, 2.24) is 26.6 Å². The maximum absolute atomic E-state index is 13.8. The largest absolute Gasteiger partial charge is 0.458 e. The van der Waals surface area contributed by atoms with Crippen LogP contribution in [0.2, 0.25) is 0 Å². The van der Waals surface area contributed by atoms with E-state index in [-0.39, 0.29) is 30.8 Å². The Balaban J connectivity index is 1.66. The molecule has 0 saturated heterocycles. The highest BCUT2D eigenvalue weighted by molar-refractivity contribution is 6.38. The number of hydrogen-bond acceptors (Lipinski definition) is 9. The van der Waals surface area contributed by atoms with Crippen LogP contribution in [0.25, 0.3) is 0 Å². The second kappa shape index (κ2) is 20.7. The molecule has 1 aromatic rings. The molecule has 294 valence electrons. The second-order valence-corrected chi connectivity index (χ2v) is 15.6. The number of hydrogen-bond donors (Lipinski definition) is 5. The summed E-state index contributed by atoms with van der Waals surface area (Å²) in [6.45, 7) is 10.3. The fourth-order valence-electron chi connectivity index (χ4n) is 6.19. The summed E-state index contributed by atoms with van der Waals surface area (Å²) in [5.41, 5.74) is -0.341. The molecule has 5 N–H and O–H groups in total. The van der Waals surface area contributed by atoms with Crippen LogP contribution in [0.3, 0.4) is 0 Å². The lowest BCUT2D eigenvalue weighted by molar-refractivity contribution is -0.158. The molecule has 4 atom stereocenters. The van der Waals surface area contributed by atoms with Gasteiger partial charge in [0.2, 0.25) is 23.5 Å². The van der Waals surface area contributed by atoms with Crippen LogP contribution in [0.15, 0.2) is 30.3 Å². The van der Waals surface area contributed by atoms with E-state index < -0.39 is 77.8 Å². The number of esters is 1. The van der Waals surface area contributed by atoms with Gasteiger partial charge >= 0.3 is 12.1 Å². The highest BCUT2D eigenvalue weighted by Crippen LogP contribution is 2.34. The van der Waals surface area contributed by atoms with Crippen LogP contribution in [-0.2, 0) is 38.2 Å². The first-order valence-corrected chi connectivity index (χ1v) is 19.0. The van der Waals surface area contributed by atoms with Crippen LogP contribution in [0.5, 0.6) is 0 Å². The number of nitrogens with one attached hydrogen (secondary N) is 5. The van der Waals surface area contributed by atoms with Crippen LogP contribution in [0.1, 0.15) is 117 Å². The maximum Gasteiger partial charge on any atom is 0.407 e. The molecule has 0 bridgehead atoms. The normalized spacial score (nSPS) is 17.0. The van der Waals surface area contributed by atoms with E-state index in [9.17, 15) is 33.6 Å². The Bertz CT molecular complexity index is 1420. The van der Waals surface area contributed by atoms with Crippen LogP contribution in [-0.4, -0.2) is 78.4 Å². The van der Waals surface area contributed by atoms with Gasteiger partial charge in [-0.15, -0.1) is 0 Å². The van der Waals surface area contributed by atoms with Gasteiger partial charge in [-0.2, -0.15) is 0 Å². The van der Waals surface area contributed by atoms with E-state index in [0.717, 1.165) is 44.9 Å². The number of Topliss-reactive ketones (excluding diaryl/α,β-unsaturated/α-hetero) is 1. The highest BCUT2D eigenvalue weighted by atomic mass is 16.6. The first-order chi connectivity index (χ1) is 25.1. The molecule has 4 unspecified atom stereocenters. The number of carbonyl (C=O) groups is 7. The van der Waals surface area contributed by atoms with Crippen molar-refractivity contribution in [3.05, 3.63) is 35.9 Å². The second-order valence-electron chi connectivity index (χ2n) is 15.6. The Morgan fingerprint density at radius 2 is 1.45 bits per heavy atom. The molecule has 1 aromatic carbocycles. The van der Waals surface area contributed by atoms with Gasteiger partial charge in [-0.1, -0.05) is 89.6 Å². The minimum absolute atomic E-state index is 0.114. The van der Waals surface area contributed by atoms with Crippen LogP contribution in [0, 0.1) is 17.8 Å². The van der Waals surface area contributed by atoms with Crippen molar-refractivity contribution in [2.24, 2.45) is 17.8 Å². The molecule has 14 heteroatoms. The first-order valence-electron chi connectivity index (χ1n) is 19.0. The summed E-state index contributed by atoms with van der Waals surface area (Å²) in [5.74, 6) is -4.37. The zero-order valence-electron chi connectivity index (χ0n) is 32.1. The molecule has 2 aliphatic rings. The van der Waals surface area contributed by atoms with Crippen molar-refractivity contribution in [3.63, 3.8) is 0 Å². The lowest BCUT2D eigenvalue weighted by Gasteiger charge is -2.31. The zero-order chi connectivity index (χ0) is 39.1. The Hall–Kier alpha value is -4.49. The van der Waals surface area contributed by atoms with E-state index in [1.807, 2.05) is 13.8 Å². The van der Waals surface area contributed by atoms with Gasteiger partial charge in [0.25, 0.3) is 5.91 Å². The summed E-state index contributed by atoms with van der Waals surface area (Å²) in [5, 5.41) is 13.1. The Kier molecular flexibility index (Phi) is 16.7. The maximum atomic E-state index is 13.8. The Morgan fingerprint density at radius 1 is 0.811 bits per heavy atom. The molecule has 0 aliphatic heterocycles. The van der Waals surface area contributed by atoms with Crippen LogP contribution in [0.4, 0.5) is 4.79 Å². The van der Waals surface area contributed by atoms with Gasteiger partial charge in [0.05, 0.1) is 19.2 Å². The van der Waals surface area contributed by atoms with Gasteiger partial charge in [0.15, 0.2) is 6.04 Å². The van der Waals surface area contributed by atoms with Gasteiger partial charge in [-0.25, -0.2) is 9.59 Å². The average molecular weight is 742 g/mol. The SMILES string of the molecule is CCCC(NC(=O)C(CC1CC1)NC(=O)C(NC(=O)OCC(C)C)C1CCCCC1)C(=O)C(=O)NCC(=O)NC(C(=O)OC(C)(C)C)c1ccccc1. The molecule has 2 saturated carbocycles. The summed E-state index contributed by atoms with van der Waals surface area (Å²) in [4.78, 5) is 92.3. The molecule has 2 fully saturated rings. The van der Waals surface area contributed by atoms with E-state index in [2.05, 4.69) is 26.6 Å². The minimum atomic E-state index is -1.22. The Morgan fingerprint density at radius 3 is 2.04 bits per heavy atom. The third kappa shape index (κ3) is 15.2. The van der Waals surface area contributed by atoms with Crippen molar-refractivity contribution in [3.8, 4) is 0 Å². The predicted octanol–water partition coefficient (Wildman–Crippen LogP) is 3.77. The molecule has 0 radical (unpaired) electrons. The number of rotatable bonds is 19. The topological polar surface area (TPSA) is 198 Å². The number of carbonyl (C=O) groups excluding carboxylic acids is 7. The number of benzene rings is 1. The number of ether oxygens (including phenoxy) is 2. The van der Waals surface area contributed by atoms with Crippen molar-refractivity contribution in [2.45, 2.75) is 136 Å². The monoisotopic (exact) mass is 741 g/mol. The minimum Gasteiger partial charge on any atom is -0.458 e. The van der Waals surface area contributed by atoms with Gasteiger partial charge in [0, 0.05) is 0 Å². The summed E-state index contributed by atoms with van der Waals surface area (Å²) in [6, 6.07) is 4.22. The number of ketones is 1. The van der Waals surface area contributed by atoms with Gasteiger partial charge in [-0.3, -0.25) is 24.0 Å². The van der Waals surface area contributed by atoms with E-state index in [1.54, 1.807) is 58.0 Å². The summed E-state index contributed by atoms with van der Waals surface area (Å²) in [7, 11) is 0. The van der Waals surface area contributed by atoms with Crippen molar-refractivity contribution >= 4 is 41.5 Å².